The van der Waals surface area contributed by atoms with Crippen molar-refractivity contribution < 1.29 is 45.4 Å². The zero-order chi connectivity index (χ0) is 12.9. The molecule has 0 aliphatic rings. The summed E-state index contributed by atoms with van der Waals surface area (Å²) in [6, 6.07) is 0. The van der Waals surface area contributed by atoms with Crippen molar-refractivity contribution in [3.63, 3.8) is 0 Å². The molecule has 0 amide bonds. The van der Waals surface area contributed by atoms with Crippen LogP contribution in [-0.4, -0.2) is 19.4 Å². The van der Waals surface area contributed by atoms with E-state index in [0.29, 0.717) is 6.29 Å². The molecule has 7 heteroatoms. The monoisotopic (exact) mass is 266 g/mol. The number of aldehydes is 1. The van der Waals surface area contributed by atoms with Gasteiger partial charge in [-0.1, -0.05) is 6.47 Å². The van der Waals surface area contributed by atoms with Crippen LogP contribution >= 0.6 is 0 Å². The van der Waals surface area contributed by atoms with Crippen molar-refractivity contribution in [1.29, 1.82) is 0 Å². The first-order valence-corrected chi connectivity index (χ1v) is 2.95. The summed E-state index contributed by atoms with van der Waals surface area (Å²) in [7, 11) is 0. The molecule has 3 radical (unpaired) electrons. The summed E-state index contributed by atoms with van der Waals surface area (Å²) in [6.45, 7) is 14.9. The molecule has 87 valence electrons. The van der Waals surface area contributed by atoms with Gasteiger partial charge in [0.1, 0.15) is 6.29 Å². The van der Waals surface area contributed by atoms with Gasteiger partial charge in [-0.25, -0.2) is 0 Å². The van der Waals surface area contributed by atoms with Crippen LogP contribution in [0.15, 0.2) is 0 Å². The Hall–Kier alpha value is -1.12. The fraction of sp³-hybridized carbons (Fsp3) is 0.111. The van der Waals surface area contributed by atoms with E-state index >= 15 is 0 Å². The van der Waals surface area contributed by atoms with E-state index in [1.807, 2.05) is 0 Å². The Morgan fingerprint density at radius 3 is 1.81 bits per heavy atom. The van der Waals surface area contributed by atoms with Crippen LogP contribution in [0.2, 0.25) is 0 Å². The zero-order valence-electron chi connectivity index (χ0n) is 7.82. The van der Waals surface area contributed by atoms with Crippen LogP contribution in [0.1, 0.15) is 0 Å². The van der Waals surface area contributed by atoms with Crippen molar-refractivity contribution in [2.75, 3.05) is 6.61 Å². The number of carbonyl (C=O) groups excluding carboxylic acids is 2. The quantitative estimate of drug-likeness (QED) is 0.218. The maximum Gasteiger partial charge on any atom is 0 e. The van der Waals surface area contributed by atoms with Crippen LogP contribution in [-0.2, 0) is 45.4 Å². The summed E-state index contributed by atoms with van der Waals surface area (Å²) in [6.07, 6.45) is 4.96. The number of unbranched alkanes of at least 4 members (excludes halogenated alkanes) is 2. The van der Waals surface area contributed by atoms with Crippen LogP contribution in [0, 0.1) is 39.2 Å². The Kier molecular flexibility index (Phi) is 122. The van der Waals surface area contributed by atoms with E-state index in [1.54, 1.807) is 0 Å². The number of carbonyl (C=O) groups is 1. The number of hydrogen-bond donors (Lipinski definition) is 0. The van der Waals surface area contributed by atoms with Gasteiger partial charge in [0.05, 0.1) is 6.61 Å². The van der Waals surface area contributed by atoms with Gasteiger partial charge in [0.2, 0.25) is 0 Å². The summed E-state index contributed by atoms with van der Waals surface area (Å²) in [4.78, 5) is 19.0. The van der Waals surface area contributed by atoms with Crippen molar-refractivity contribution in [3.8, 4) is 0 Å². The summed E-state index contributed by atoms with van der Waals surface area (Å²) < 4.78 is 26.7. The third-order valence-electron chi connectivity index (χ3n) is 0.564. The van der Waals surface area contributed by atoms with E-state index in [2.05, 4.69) is 24.7 Å². The normalized spacial score (nSPS) is 5.12. The van der Waals surface area contributed by atoms with E-state index in [4.69, 9.17) is 14.0 Å². The molecular formula is C9H6FeO6-. The maximum atomic E-state index is 9.61. The van der Waals surface area contributed by atoms with E-state index in [1.165, 1.54) is 25.7 Å². The number of hydrogen-bond acceptors (Lipinski definition) is 3. The van der Waals surface area contributed by atoms with E-state index in [0.717, 1.165) is 0 Å². The van der Waals surface area contributed by atoms with E-state index < -0.39 is 0 Å². The summed E-state index contributed by atoms with van der Waals surface area (Å²) in [5, 5.41) is 0. The summed E-state index contributed by atoms with van der Waals surface area (Å²) >= 11 is 0. The third kappa shape index (κ3) is 76.3. The predicted octanol–water partition coefficient (Wildman–Crippen LogP) is -0.233. The first kappa shape index (κ1) is 29.4. The van der Waals surface area contributed by atoms with Crippen LogP contribution in [0.4, 0.5) is 0 Å². The molecule has 0 atom stereocenters. The van der Waals surface area contributed by atoms with Crippen molar-refractivity contribution in [1.82, 2.24) is 0 Å². The molecule has 0 aromatic carbocycles. The van der Waals surface area contributed by atoms with Crippen molar-refractivity contribution >= 4 is 12.8 Å². The molecule has 0 fully saturated rings. The van der Waals surface area contributed by atoms with Gasteiger partial charge in [0, 0.05) is 23.5 Å². The fourth-order valence-corrected chi connectivity index (χ4v) is 0.262. The van der Waals surface area contributed by atoms with Crippen LogP contribution in [0.3, 0.4) is 0 Å². The molecule has 0 heterocycles. The molecule has 6 nitrogen and oxygen atoms in total. The Labute approximate surface area is 104 Å². The molecule has 0 aliphatic carbocycles. The van der Waals surface area contributed by atoms with Gasteiger partial charge in [0.25, 0.3) is 0 Å². The fourth-order valence-electron chi connectivity index (χ4n) is 0.262. The molecular weight excluding hydrogens is 260 g/mol. The van der Waals surface area contributed by atoms with Crippen LogP contribution < -0.4 is 0 Å². The van der Waals surface area contributed by atoms with Gasteiger partial charge in [-0.05, 0) is 12.8 Å². The van der Waals surface area contributed by atoms with Crippen LogP contribution in [0.5, 0.6) is 0 Å². The largest absolute Gasteiger partial charge is 0 e. The molecule has 0 aromatic rings. The molecule has 0 unspecified atom stereocenters. The van der Waals surface area contributed by atoms with Crippen LogP contribution in [0.25, 0.3) is 0 Å². The average molecular weight is 266 g/mol. The zero-order valence-corrected chi connectivity index (χ0v) is 8.92. The summed E-state index contributed by atoms with van der Waals surface area (Å²) in [5.41, 5.74) is 0. The van der Waals surface area contributed by atoms with Crippen molar-refractivity contribution in [3.05, 3.63) is 39.2 Å². The van der Waals surface area contributed by atoms with Gasteiger partial charge in [0.15, 0.2) is 0 Å². The van der Waals surface area contributed by atoms with Gasteiger partial charge < -0.3 is 14.3 Å². The second kappa shape index (κ2) is 66.6. The minimum Gasteiger partial charge on any atom is 0 e. The standard InChI is InChI=1S/C6H6O3.3CO.Fe/c7-4-2-1-3-5-9-6-8;3*1-2;/h1-4H,5H2;;;;/q-1;;;;. The molecule has 0 aliphatic heterocycles. The molecule has 0 saturated heterocycles. The predicted molar refractivity (Wildman–Crippen MR) is 42.4 cm³/mol. The average Bonchev–Trinajstić information content (AvgIpc) is 2.37. The molecule has 0 spiro atoms. The molecule has 0 saturated carbocycles. The smallest absolute Gasteiger partial charge is 0 e. The molecule has 0 N–H and O–H groups in total. The second-order valence-corrected chi connectivity index (χ2v) is 1.15. The van der Waals surface area contributed by atoms with Gasteiger partial charge in [-0.2, -0.15) is 0 Å². The number of rotatable bonds is 6. The van der Waals surface area contributed by atoms with Gasteiger partial charge >= 0.3 is 33.9 Å². The molecule has 0 rings (SSSR count). The number of ether oxygens (including phenoxy) is 1. The van der Waals surface area contributed by atoms with Gasteiger partial charge in [-0.3, -0.25) is 0 Å². The van der Waals surface area contributed by atoms with Crippen molar-refractivity contribution in [2.24, 2.45) is 0 Å². The Bertz CT molecular complexity index is 150. The minimum absolute atomic E-state index is 0. The Morgan fingerprint density at radius 2 is 1.50 bits per heavy atom. The Balaban J connectivity index is -0.0000000498. The molecule has 16 heavy (non-hydrogen) atoms. The molecule has 0 aromatic heterocycles. The second-order valence-electron chi connectivity index (χ2n) is 1.15. The topological polar surface area (TPSA) is 103 Å². The maximum absolute atomic E-state index is 9.61. The first-order chi connectivity index (χ1) is 7.41. The SMILES string of the molecule is O=[C-]OC[CH][CH][CH]C=O.[C-]#[O+].[C-]#[O+].[C-]#[O+].[Fe]. The first-order valence-electron chi connectivity index (χ1n) is 2.95. The van der Waals surface area contributed by atoms with Gasteiger partial charge in [-0.15, -0.1) is 0 Å². The third-order valence-corrected chi connectivity index (χ3v) is 0.564. The van der Waals surface area contributed by atoms with Crippen molar-refractivity contribution in [2.45, 2.75) is 0 Å². The van der Waals surface area contributed by atoms with E-state index in [9.17, 15) is 9.59 Å². The minimum atomic E-state index is 0. The van der Waals surface area contributed by atoms with E-state index in [-0.39, 0.29) is 23.7 Å². The Morgan fingerprint density at radius 1 is 1.06 bits per heavy atom. The summed E-state index contributed by atoms with van der Waals surface area (Å²) in [5.74, 6) is 0. The molecule has 0 bridgehead atoms.